The lowest BCUT2D eigenvalue weighted by Crippen LogP contribution is -2.24. The summed E-state index contributed by atoms with van der Waals surface area (Å²) in [7, 11) is 0. The van der Waals surface area contributed by atoms with Crippen LogP contribution in [-0.2, 0) is 4.79 Å². The maximum atomic E-state index is 10.3. The summed E-state index contributed by atoms with van der Waals surface area (Å²) in [4.78, 5) is 10.3. The fourth-order valence-corrected chi connectivity index (χ4v) is 0.529. The SMILES string of the molecule is O=C1C[CH]C[CH]N1. The van der Waals surface area contributed by atoms with Gasteiger partial charge in [0, 0.05) is 13.0 Å². The highest BCUT2D eigenvalue weighted by molar-refractivity contribution is 5.78. The van der Waals surface area contributed by atoms with Crippen molar-refractivity contribution in [3.05, 3.63) is 13.0 Å². The molecule has 1 N–H and O–H groups in total. The first-order valence-electron chi connectivity index (χ1n) is 2.32. The van der Waals surface area contributed by atoms with Crippen molar-refractivity contribution in [2.24, 2.45) is 0 Å². The van der Waals surface area contributed by atoms with Crippen molar-refractivity contribution < 1.29 is 4.79 Å². The van der Waals surface area contributed by atoms with Gasteiger partial charge >= 0.3 is 0 Å². The van der Waals surface area contributed by atoms with Gasteiger partial charge in [0.1, 0.15) is 0 Å². The van der Waals surface area contributed by atoms with Gasteiger partial charge in [-0.15, -0.1) is 0 Å². The Morgan fingerprint density at radius 1 is 1.71 bits per heavy atom. The molecule has 1 amide bonds. The van der Waals surface area contributed by atoms with Crippen molar-refractivity contribution in [1.82, 2.24) is 5.32 Å². The summed E-state index contributed by atoms with van der Waals surface area (Å²) < 4.78 is 0. The molecule has 0 aromatic carbocycles. The quantitative estimate of drug-likeness (QED) is 0.461. The van der Waals surface area contributed by atoms with Crippen molar-refractivity contribution >= 4 is 5.91 Å². The molecule has 0 saturated carbocycles. The van der Waals surface area contributed by atoms with E-state index in [9.17, 15) is 4.79 Å². The van der Waals surface area contributed by atoms with E-state index in [0.717, 1.165) is 6.42 Å². The van der Waals surface area contributed by atoms with E-state index in [4.69, 9.17) is 0 Å². The third kappa shape index (κ3) is 1.18. The smallest absolute Gasteiger partial charge is 0.220 e. The number of nitrogens with one attached hydrogen (secondary N) is 1. The van der Waals surface area contributed by atoms with Crippen LogP contribution in [0.2, 0.25) is 0 Å². The van der Waals surface area contributed by atoms with Crippen LogP contribution < -0.4 is 5.32 Å². The third-order valence-corrected chi connectivity index (χ3v) is 0.877. The Bertz CT molecular complexity index is 72.1. The Hall–Kier alpha value is -0.530. The normalized spacial score (nSPS) is 21.4. The number of rotatable bonds is 0. The van der Waals surface area contributed by atoms with E-state index < -0.39 is 0 Å². The molecule has 1 saturated heterocycles. The highest BCUT2D eigenvalue weighted by Gasteiger charge is 2.05. The van der Waals surface area contributed by atoms with E-state index in [1.807, 2.05) is 6.42 Å². The molecule has 38 valence electrons. The van der Waals surface area contributed by atoms with Crippen LogP contribution in [0.15, 0.2) is 0 Å². The molecule has 0 aromatic rings. The van der Waals surface area contributed by atoms with E-state index in [0.29, 0.717) is 6.42 Å². The number of carbonyl (C=O) groups is 1. The van der Waals surface area contributed by atoms with E-state index in [-0.39, 0.29) is 5.91 Å². The van der Waals surface area contributed by atoms with Gasteiger partial charge in [0.2, 0.25) is 5.91 Å². The Morgan fingerprint density at radius 2 is 2.57 bits per heavy atom. The van der Waals surface area contributed by atoms with Crippen LogP contribution in [0.5, 0.6) is 0 Å². The molecule has 0 spiro atoms. The van der Waals surface area contributed by atoms with E-state index in [2.05, 4.69) is 5.32 Å². The van der Waals surface area contributed by atoms with Gasteiger partial charge in [-0.1, -0.05) is 0 Å². The molecule has 1 aliphatic rings. The summed E-state index contributed by atoms with van der Waals surface area (Å²) in [5.41, 5.74) is 0. The zero-order valence-corrected chi connectivity index (χ0v) is 3.98. The van der Waals surface area contributed by atoms with Gasteiger partial charge in [0.05, 0.1) is 0 Å². The summed E-state index contributed by atoms with van der Waals surface area (Å²) in [6.07, 6.45) is 3.43. The zero-order chi connectivity index (χ0) is 5.11. The highest BCUT2D eigenvalue weighted by atomic mass is 16.1. The minimum atomic E-state index is 0.103. The third-order valence-electron chi connectivity index (χ3n) is 0.877. The summed E-state index contributed by atoms with van der Waals surface area (Å²) in [6.45, 7) is 1.76. The van der Waals surface area contributed by atoms with Gasteiger partial charge in [-0.25, -0.2) is 0 Å². The summed E-state index contributed by atoms with van der Waals surface area (Å²) in [6, 6.07) is 0. The average molecular weight is 97.1 g/mol. The van der Waals surface area contributed by atoms with Crippen LogP contribution in [0.4, 0.5) is 0 Å². The minimum absolute atomic E-state index is 0.103. The maximum Gasteiger partial charge on any atom is 0.220 e. The molecular weight excluding hydrogens is 90.1 g/mol. The van der Waals surface area contributed by atoms with E-state index >= 15 is 0 Å². The average Bonchev–Trinajstić information content (AvgIpc) is 1.69. The van der Waals surface area contributed by atoms with Gasteiger partial charge < -0.3 is 5.32 Å². The van der Waals surface area contributed by atoms with Crippen molar-refractivity contribution in [3.63, 3.8) is 0 Å². The van der Waals surface area contributed by atoms with Gasteiger partial charge in [0.25, 0.3) is 0 Å². The number of hydrogen-bond donors (Lipinski definition) is 1. The molecule has 1 fully saturated rings. The molecule has 2 radical (unpaired) electrons. The molecule has 0 bridgehead atoms. The lowest BCUT2D eigenvalue weighted by molar-refractivity contribution is -0.120. The lowest BCUT2D eigenvalue weighted by Gasteiger charge is -2.07. The number of hydrogen-bond acceptors (Lipinski definition) is 1. The zero-order valence-electron chi connectivity index (χ0n) is 3.98. The summed E-state index contributed by atoms with van der Waals surface area (Å²) >= 11 is 0. The number of amides is 1. The van der Waals surface area contributed by atoms with Crippen molar-refractivity contribution in [1.29, 1.82) is 0 Å². The topological polar surface area (TPSA) is 29.1 Å². The van der Waals surface area contributed by atoms with Gasteiger partial charge in [0.15, 0.2) is 0 Å². The molecule has 0 unspecified atom stereocenters. The largest absolute Gasteiger partial charge is 0.351 e. The van der Waals surface area contributed by atoms with Gasteiger partial charge in [-0.2, -0.15) is 0 Å². The van der Waals surface area contributed by atoms with Crippen molar-refractivity contribution in [3.8, 4) is 0 Å². The van der Waals surface area contributed by atoms with Gasteiger partial charge in [-0.05, 0) is 12.8 Å². The fraction of sp³-hybridized carbons (Fsp3) is 0.400. The number of carbonyl (C=O) groups excluding carboxylic acids is 1. The van der Waals surface area contributed by atoms with Crippen LogP contribution in [-0.4, -0.2) is 5.91 Å². The molecular formula is C5H7NO. The summed E-state index contributed by atoms with van der Waals surface area (Å²) in [5, 5.41) is 2.59. The molecule has 1 heterocycles. The Balaban J connectivity index is 2.25. The first kappa shape index (κ1) is 4.62. The first-order valence-corrected chi connectivity index (χ1v) is 2.32. The minimum Gasteiger partial charge on any atom is -0.351 e. The van der Waals surface area contributed by atoms with Crippen LogP contribution in [0.25, 0.3) is 0 Å². The molecule has 0 aromatic heterocycles. The predicted molar refractivity (Wildman–Crippen MR) is 26.0 cm³/mol. The first-order chi connectivity index (χ1) is 3.39. The van der Waals surface area contributed by atoms with Crippen LogP contribution >= 0.6 is 0 Å². The molecule has 0 aliphatic carbocycles. The van der Waals surface area contributed by atoms with E-state index in [1.165, 1.54) is 0 Å². The molecule has 2 nitrogen and oxygen atoms in total. The van der Waals surface area contributed by atoms with Crippen molar-refractivity contribution in [2.75, 3.05) is 0 Å². The van der Waals surface area contributed by atoms with Crippen LogP contribution in [0.1, 0.15) is 12.8 Å². The molecule has 2 heteroatoms. The fourth-order valence-electron chi connectivity index (χ4n) is 0.529. The van der Waals surface area contributed by atoms with Crippen molar-refractivity contribution in [2.45, 2.75) is 12.8 Å². The standard InChI is InChI=1S/C5H7NO/c7-5-3-1-2-4-6-5/h1,4H,2-3H2,(H,6,7). The highest BCUT2D eigenvalue weighted by Crippen LogP contribution is 2.00. The Morgan fingerprint density at radius 3 is 2.86 bits per heavy atom. The summed E-state index contributed by atoms with van der Waals surface area (Å²) in [5.74, 6) is 0.103. The molecule has 1 aliphatic heterocycles. The second-order valence-electron chi connectivity index (χ2n) is 1.50. The van der Waals surface area contributed by atoms with E-state index in [1.54, 1.807) is 6.54 Å². The number of piperidine rings is 1. The molecule has 1 rings (SSSR count). The second kappa shape index (κ2) is 1.96. The maximum absolute atomic E-state index is 10.3. The molecule has 0 atom stereocenters. The Kier molecular flexibility index (Phi) is 1.29. The van der Waals surface area contributed by atoms with Crippen LogP contribution in [0, 0.1) is 13.0 Å². The Labute approximate surface area is 42.9 Å². The molecule has 7 heavy (non-hydrogen) atoms. The van der Waals surface area contributed by atoms with Crippen LogP contribution in [0.3, 0.4) is 0 Å². The monoisotopic (exact) mass is 97.1 g/mol. The lowest BCUT2D eigenvalue weighted by atomic mass is 10.2. The second-order valence-corrected chi connectivity index (χ2v) is 1.50. The van der Waals surface area contributed by atoms with Gasteiger partial charge in [-0.3, -0.25) is 4.79 Å². The predicted octanol–water partition coefficient (Wildman–Crippen LogP) is 0.262.